The first-order valence-corrected chi connectivity index (χ1v) is 8.31. The minimum Gasteiger partial charge on any atom is -0.361 e. The van der Waals surface area contributed by atoms with Gasteiger partial charge in [0.25, 0.3) is 0 Å². The Morgan fingerprint density at radius 3 is 2.82 bits per heavy atom. The number of rotatable bonds is 4. The van der Waals surface area contributed by atoms with E-state index in [4.69, 9.17) is 5.73 Å². The fourth-order valence-corrected chi connectivity index (χ4v) is 3.51. The summed E-state index contributed by atoms with van der Waals surface area (Å²) in [7, 11) is 0. The van der Waals surface area contributed by atoms with Crippen LogP contribution in [0, 0.1) is 0 Å². The SMILES string of the molecule is CCCC(N)C(=O)N1CCC(c2c[nH]c3ccccc23)CC1. The van der Waals surface area contributed by atoms with Crippen molar-refractivity contribution >= 4 is 16.8 Å². The highest BCUT2D eigenvalue weighted by Crippen LogP contribution is 2.33. The zero-order valence-corrected chi connectivity index (χ0v) is 13.2. The molecule has 2 heterocycles. The van der Waals surface area contributed by atoms with Crippen LogP contribution < -0.4 is 5.73 Å². The van der Waals surface area contributed by atoms with Gasteiger partial charge in [-0.2, -0.15) is 0 Å². The Kier molecular flexibility index (Phi) is 4.48. The van der Waals surface area contributed by atoms with Gasteiger partial charge in [0.15, 0.2) is 0 Å². The number of aromatic amines is 1. The summed E-state index contributed by atoms with van der Waals surface area (Å²) in [5.41, 5.74) is 8.55. The summed E-state index contributed by atoms with van der Waals surface area (Å²) >= 11 is 0. The van der Waals surface area contributed by atoms with E-state index in [0.717, 1.165) is 38.8 Å². The van der Waals surface area contributed by atoms with E-state index in [9.17, 15) is 4.79 Å². The third-order valence-corrected chi connectivity index (χ3v) is 4.78. The Bertz CT molecular complexity index is 641. The molecule has 0 saturated carbocycles. The maximum Gasteiger partial charge on any atom is 0.239 e. The Labute approximate surface area is 131 Å². The molecule has 3 N–H and O–H groups in total. The van der Waals surface area contributed by atoms with Crippen LogP contribution in [0.25, 0.3) is 10.9 Å². The number of piperidine rings is 1. The number of fused-ring (bicyclic) bond motifs is 1. The Balaban J connectivity index is 1.66. The van der Waals surface area contributed by atoms with Crippen LogP contribution in [0.15, 0.2) is 30.5 Å². The monoisotopic (exact) mass is 299 g/mol. The molecule has 1 aromatic heterocycles. The number of nitrogens with zero attached hydrogens (tertiary/aromatic N) is 1. The summed E-state index contributed by atoms with van der Waals surface area (Å²) in [5, 5.41) is 1.31. The van der Waals surface area contributed by atoms with Crippen LogP contribution in [0.4, 0.5) is 0 Å². The molecule has 1 aromatic carbocycles. The van der Waals surface area contributed by atoms with Crippen molar-refractivity contribution in [3.63, 3.8) is 0 Å². The maximum atomic E-state index is 12.3. The highest BCUT2D eigenvalue weighted by Gasteiger charge is 2.27. The lowest BCUT2D eigenvalue weighted by Crippen LogP contribution is -2.46. The number of para-hydroxylation sites is 1. The number of benzene rings is 1. The smallest absolute Gasteiger partial charge is 0.239 e. The molecule has 4 nitrogen and oxygen atoms in total. The van der Waals surface area contributed by atoms with Crippen molar-refractivity contribution in [1.29, 1.82) is 0 Å². The van der Waals surface area contributed by atoms with Crippen LogP contribution in [-0.2, 0) is 4.79 Å². The highest BCUT2D eigenvalue weighted by atomic mass is 16.2. The average Bonchev–Trinajstić information content (AvgIpc) is 2.98. The van der Waals surface area contributed by atoms with Crippen molar-refractivity contribution in [3.8, 4) is 0 Å². The van der Waals surface area contributed by atoms with Crippen molar-refractivity contribution in [3.05, 3.63) is 36.0 Å². The highest BCUT2D eigenvalue weighted by molar-refractivity contribution is 5.84. The molecule has 118 valence electrons. The predicted octanol–water partition coefficient (Wildman–Crippen LogP) is 3.00. The third kappa shape index (κ3) is 2.88. The summed E-state index contributed by atoms with van der Waals surface area (Å²) in [6.45, 7) is 3.71. The van der Waals surface area contributed by atoms with Gasteiger partial charge < -0.3 is 15.6 Å². The second-order valence-electron chi connectivity index (χ2n) is 6.28. The van der Waals surface area contributed by atoms with E-state index in [-0.39, 0.29) is 11.9 Å². The fourth-order valence-electron chi connectivity index (χ4n) is 3.51. The molecule has 1 fully saturated rings. The van der Waals surface area contributed by atoms with Crippen LogP contribution in [0.3, 0.4) is 0 Å². The number of carbonyl (C=O) groups excluding carboxylic acids is 1. The van der Waals surface area contributed by atoms with Crippen molar-refractivity contribution in [1.82, 2.24) is 9.88 Å². The van der Waals surface area contributed by atoms with E-state index in [1.807, 2.05) is 4.90 Å². The normalized spacial score (nSPS) is 17.8. The molecule has 0 bridgehead atoms. The van der Waals surface area contributed by atoms with Crippen LogP contribution >= 0.6 is 0 Å². The number of likely N-dealkylation sites (tertiary alicyclic amines) is 1. The van der Waals surface area contributed by atoms with Crippen molar-refractivity contribution in [2.75, 3.05) is 13.1 Å². The van der Waals surface area contributed by atoms with Crippen LogP contribution in [-0.4, -0.2) is 34.9 Å². The van der Waals surface area contributed by atoms with Gasteiger partial charge in [-0.1, -0.05) is 31.5 Å². The van der Waals surface area contributed by atoms with Crippen LogP contribution in [0.2, 0.25) is 0 Å². The van der Waals surface area contributed by atoms with Gasteiger partial charge in [-0.3, -0.25) is 4.79 Å². The number of amides is 1. The number of nitrogens with one attached hydrogen (secondary N) is 1. The zero-order chi connectivity index (χ0) is 15.5. The Hall–Kier alpha value is -1.81. The lowest BCUT2D eigenvalue weighted by Gasteiger charge is -2.33. The summed E-state index contributed by atoms with van der Waals surface area (Å²) in [6, 6.07) is 8.10. The number of carbonyl (C=O) groups is 1. The molecule has 0 aliphatic carbocycles. The largest absolute Gasteiger partial charge is 0.361 e. The lowest BCUT2D eigenvalue weighted by molar-refractivity contribution is -0.133. The predicted molar refractivity (Wildman–Crippen MR) is 89.7 cm³/mol. The first kappa shape index (κ1) is 15.1. The summed E-state index contributed by atoms with van der Waals surface area (Å²) < 4.78 is 0. The first-order chi connectivity index (χ1) is 10.7. The molecule has 0 spiro atoms. The van der Waals surface area contributed by atoms with E-state index in [0.29, 0.717) is 5.92 Å². The maximum absolute atomic E-state index is 12.3. The standard InChI is InChI=1S/C18H25N3O/c1-2-5-16(19)18(22)21-10-8-13(9-11-21)15-12-20-17-7-4-3-6-14(15)17/h3-4,6-7,12-13,16,20H,2,5,8-11,19H2,1H3. The average molecular weight is 299 g/mol. The van der Waals surface area contributed by atoms with E-state index in [2.05, 4.69) is 42.4 Å². The Morgan fingerprint density at radius 2 is 2.09 bits per heavy atom. The minimum absolute atomic E-state index is 0.124. The number of H-pyrrole nitrogens is 1. The summed E-state index contributed by atoms with van der Waals surface area (Å²) in [6.07, 6.45) is 5.91. The molecule has 2 aromatic rings. The van der Waals surface area contributed by atoms with Crippen molar-refractivity contribution in [2.45, 2.75) is 44.6 Å². The number of aromatic nitrogens is 1. The van der Waals surface area contributed by atoms with Gasteiger partial charge >= 0.3 is 0 Å². The second-order valence-corrected chi connectivity index (χ2v) is 6.28. The molecule has 22 heavy (non-hydrogen) atoms. The summed E-state index contributed by atoms with van der Waals surface area (Å²) in [4.78, 5) is 17.6. The fraction of sp³-hybridized carbons (Fsp3) is 0.500. The lowest BCUT2D eigenvalue weighted by atomic mass is 9.89. The van der Waals surface area contributed by atoms with Gasteiger partial charge in [-0.15, -0.1) is 0 Å². The molecule has 1 atom stereocenters. The molecule has 1 amide bonds. The van der Waals surface area contributed by atoms with E-state index >= 15 is 0 Å². The topological polar surface area (TPSA) is 62.1 Å². The molecular weight excluding hydrogens is 274 g/mol. The second kappa shape index (κ2) is 6.53. The Morgan fingerprint density at radius 1 is 1.36 bits per heavy atom. The van der Waals surface area contributed by atoms with Crippen LogP contribution in [0.5, 0.6) is 0 Å². The van der Waals surface area contributed by atoms with Gasteiger partial charge in [-0.05, 0) is 36.8 Å². The van der Waals surface area contributed by atoms with Gasteiger partial charge in [0.2, 0.25) is 5.91 Å². The van der Waals surface area contributed by atoms with Crippen molar-refractivity contribution < 1.29 is 4.79 Å². The van der Waals surface area contributed by atoms with Gasteiger partial charge in [0.1, 0.15) is 0 Å². The molecule has 1 unspecified atom stereocenters. The van der Waals surface area contributed by atoms with Crippen LogP contribution in [0.1, 0.15) is 44.1 Å². The zero-order valence-electron chi connectivity index (χ0n) is 13.2. The molecule has 0 radical (unpaired) electrons. The molecule has 3 rings (SSSR count). The number of nitrogens with two attached hydrogens (primary N) is 1. The van der Waals surface area contributed by atoms with E-state index < -0.39 is 0 Å². The first-order valence-electron chi connectivity index (χ1n) is 8.31. The van der Waals surface area contributed by atoms with Crippen molar-refractivity contribution in [2.24, 2.45) is 5.73 Å². The van der Waals surface area contributed by atoms with E-state index in [1.165, 1.54) is 16.5 Å². The van der Waals surface area contributed by atoms with Gasteiger partial charge in [0, 0.05) is 30.2 Å². The minimum atomic E-state index is -0.324. The molecule has 1 aliphatic heterocycles. The molecule has 1 aliphatic rings. The summed E-state index contributed by atoms with van der Waals surface area (Å²) in [5.74, 6) is 0.654. The quantitative estimate of drug-likeness (QED) is 0.911. The molecular formula is C18H25N3O. The molecule has 1 saturated heterocycles. The van der Waals surface area contributed by atoms with Gasteiger partial charge in [0.05, 0.1) is 6.04 Å². The van der Waals surface area contributed by atoms with Gasteiger partial charge in [-0.25, -0.2) is 0 Å². The number of hydrogen-bond donors (Lipinski definition) is 2. The number of hydrogen-bond acceptors (Lipinski definition) is 2. The van der Waals surface area contributed by atoms with E-state index in [1.54, 1.807) is 0 Å². The molecule has 4 heteroatoms. The third-order valence-electron chi connectivity index (χ3n) is 4.78.